The van der Waals surface area contributed by atoms with Crippen LogP contribution in [-0.4, -0.2) is 76.5 Å². The molecule has 4 aromatic rings. The number of aliphatic carboxylic acids is 1. The summed E-state index contributed by atoms with van der Waals surface area (Å²) in [4.78, 5) is 70.5. The van der Waals surface area contributed by atoms with Crippen molar-refractivity contribution in [1.82, 2.24) is 25.5 Å². The normalized spacial score (nSPS) is 11.5. The summed E-state index contributed by atoms with van der Waals surface area (Å²) < 4.78 is 11.6. The van der Waals surface area contributed by atoms with E-state index >= 15 is 0 Å². The number of hydrogen-bond acceptors (Lipinski definition) is 9. The number of carboxylic acids is 1. The van der Waals surface area contributed by atoms with Gasteiger partial charge >= 0.3 is 5.97 Å². The highest BCUT2D eigenvalue weighted by atomic mass is 16.5. The minimum atomic E-state index is -0.904. The highest BCUT2D eigenvalue weighted by molar-refractivity contribution is 5.97. The summed E-state index contributed by atoms with van der Waals surface area (Å²) in [6.07, 6.45) is 0.859. The summed E-state index contributed by atoms with van der Waals surface area (Å²) in [7, 11) is 0. The lowest BCUT2D eigenvalue weighted by Gasteiger charge is -2.26. The molecule has 0 saturated carbocycles. The van der Waals surface area contributed by atoms with Crippen molar-refractivity contribution in [3.8, 4) is 11.5 Å². The molecule has 0 bridgehead atoms. The number of aromatic amines is 2. The molecule has 0 spiro atoms. The maximum absolute atomic E-state index is 13.3. The van der Waals surface area contributed by atoms with Crippen molar-refractivity contribution in [2.24, 2.45) is 5.73 Å². The van der Waals surface area contributed by atoms with Gasteiger partial charge in [0, 0.05) is 56.6 Å². The number of benzene rings is 2. The summed E-state index contributed by atoms with van der Waals surface area (Å²) in [5.74, 6) is -2.07. The van der Waals surface area contributed by atoms with Crippen molar-refractivity contribution < 1.29 is 29.0 Å². The maximum Gasteiger partial charge on any atom is 0.303 e. The first kappa shape index (κ1) is 39.1. The van der Waals surface area contributed by atoms with Crippen LogP contribution in [0, 0.1) is 13.8 Å². The molecule has 0 saturated heterocycles. The number of carbonyl (C=O) groups excluding carboxylic acids is 2. The third-order valence-corrected chi connectivity index (χ3v) is 8.07. The second kappa shape index (κ2) is 19.6. The van der Waals surface area contributed by atoms with Crippen molar-refractivity contribution in [3.63, 3.8) is 0 Å². The van der Waals surface area contributed by atoms with Gasteiger partial charge in [-0.05, 0) is 49.9 Å². The van der Waals surface area contributed by atoms with Gasteiger partial charge < -0.3 is 40.9 Å². The van der Waals surface area contributed by atoms with Gasteiger partial charge in [0.1, 0.15) is 13.2 Å². The van der Waals surface area contributed by atoms with Crippen LogP contribution in [0.1, 0.15) is 62.5 Å². The summed E-state index contributed by atoms with van der Waals surface area (Å²) in [6.45, 7) is 4.90. The summed E-state index contributed by atoms with van der Waals surface area (Å²) in [6, 6.07) is 21.3. The molecule has 1 unspecified atom stereocenters. The number of nitrogens with one attached hydrogen (secondary N) is 4. The van der Waals surface area contributed by atoms with E-state index in [-0.39, 0.29) is 61.4 Å². The lowest BCUT2D eigenvalue weighted by atomic mass is 10.1. The van der Waals surface area contributed by atoms with Gasteiger partial charge in [-0.3, -0.25) is 28.9 Å². The third kappa shape index (κ3) is 12.2. The molecule has 14 nitrogen and oxygen atoms in total. The van der Waals surface area contributed by atoms with Crippen LogP contribution in [-0.2, 0) is 18.0 Å². The average molecular weight is 715 g/mol. The fourth-order valence-corrected chi connectivity index (χ4v) is 5.51. The van der Waals surface area contributed by atoms with Crippen LogP contribution < -0.4 is 37.0 Å². The van der Waals surface area contributed by atoms with Crippen molar-refractivity contribution in [1.29, 1.82) is 0 Å². The smallest absolute Gasteiger partial charge is 0.303 e. The van der Waals surface area contributed by atoms with Gasteiger partial charge in [-0.15, -0.1) is 0 Å². The second-order valence-electron chi connectivity index (χ2n) is 12.5. The molecule has 0 radical (unpaired) electrons. The van der Waals surface area contributed by atoms with Gasteiger partial charge in [-0.1, -0.05) is 60.7 Å². The zero-order valence-electron chi connectivity index (χ0n) is 29.4. The molecular formula is C38H46N6O8. The number of carboxylic acid groups (broad SMARTS) is 1. The number of nitrogens with zero attached hydrogens (tertiary/aromatic N) is 1. The lowest BCUT2D eigenvalue weighted by molar-refractivity contribution is -0.137. The van der Waals surface area contributed by atoms with E-state index in [4.69, 9.17) is 20.3 Å². The Kier molecular flexibility index (Phi) is 14.7. The van der Waals surface area contributed by atoms with Crippen molar-refractivity contribution >= 4 is 17.8 Å². The number of pyridine rings is 2. The van der Waals surface area contributed by atoms with E-state index in [1.54, 1.807) is 26.0 Å². The van der Waals surface area contributed by atoms with Crippen LogP contribution >= 0.6 is 0 Å². The van der Waals surface area contributed by atoms with E-state index in [9.17, 15) is 24.0 Å². The fraction of sp³-hybridized carbons (Fsp3) is 0.342. The summed E-state index contributed by atoms with van der Waals surface area (Å²) >= 11 is 0. The standard InChI is InChI=1S/C38H46N6O8/c1-25-20-30(33(37(49)42-25)51-23-27-10-5-3-6-11-27)35(47)40-16-18-44(22-29(39)14-9-15-32(45)46)19-17-41-36(48)31-21-26(2)43-38(50)34(31)52-24-28-12-7-4-8-13-28/h3-8,10-13,20-21,29H,9,14-19,22-24,39H2,1-2H3,(H,40,47)(H,41,48)(H,42,49)(H,43,50)(H,45,46). The second-order valence-corrected chi connectivity index (χ2v) is 12.5. The Morgan fingerprint density at radius 2 is 1.21 bits per heavy atom. The fourth-order valence-electron chi connectivity index (χ4n) is 5.51. The van der Waals surface area contributed by atoms with Crippen LogP contribution in [0.5, 0.6) is 11.5 Å². The van der Waals surface area contributed by atoms with Crippen molar-refractivity contribution in [2.75, 3.05) is 32.7 Å². The van der Waals surface area contributed by atoms with Gasteiger partial charge in [0.2, 0.25) is 0 Å². The first-order chi connectivity index (χ1) is 25.0. The molecule has 1 atom stereocenters. The minimum Gasteiger partial charge on any atom is -0.482 e. The summed E-state index contributed by atoms with van der Waals surface area (Å²) in [5.41, 5.74) is 8.18. The highest BCUT2D eigenvalue weighted by Crippen LogP contribution is 2.17. The van der Waals surface area contributed by atoms with E-state index < -0.39 is 28.9 Å². The molecule has 14 heteroatoms. The number of ether oxygens (including phenoxy) is 2. The Bertz CT molecular complexity index is 1790. The number of aromatic nitrogens is 2. The zero-order valence-corrected chi connectivity index (χ0v) is 29.4. The Labute approximate surface area is 301 Å². The van der Waals surface area contributed by atoms with Crippen LogP contribution in [0.15, 0.2) is 82.4 Å². The lowest BCUT2D eigenvalue weighted by Crippen LogP contribution is -2.45. The number of nitrogens with two attached hydrogens (primary N) is 1. The number of carbonyl (C=O) groups is 3. The largest absolute Gasteiger partial charge is 0.482 e. The number of amides is 2. The van der Waals surface area contributed by atoms with Gasteiger partial charge in [0.25, 0.3) is 22.9 Å². The Morgan fingerprint density at radius 3 is 1.63 bits per heavy atom. The predicted molar refractivity (Wildman–Crippen MR) is 196 cm³/mol. The predicted octanol–water partition coefficient (Wildman–Crippen LogP) is 2.88. The van der Waals surface area contributed by atoms with E-state index in [0.29, 0.717) is 43.9 Å². The third-order valence-electron chi connectivity index (χ3n) is 8.07. The molecule has 0 aliphatic carbocycles. The first-order valence-corrected chi connectivity index (χ1v) is 17.1. The van der Waals surface area contributed by atoms with Gasteiger partial charge in [0.05, 0.1) is 11.1 Å². The topological polar surface area (TPSA) is 209 Å². The number of rotatable bonds is 20. The van der Waals surface area contributed by atoms with Gasteiger partial charge in [-0.2, -0.15) is 0 Å². The Hall–Kier alpha value is -5.73. The molecule has 276 valence electrons. The first-order valence-electron chi connectivity index (χ1n) is 17.1. The van der Waals surface area contributed by atoms with E-state index in [2.05, 4.69) is 20.6 Å². The molecule has 0 aliphatic rings. The molecule has 2 aromatic heterocycles. The van der Waals surface area contributed by atoms with Crippen LogP contribution in [0.25, 0.3) is 0 Å². The van der Waals surface area contributed by atoms with E-state index in [1.165, 1.54) is 0 Å². The molecule has 2 aromatic carbocycles. The Morgan fingerprint density at radius 1 is 0.769 bits per heavy atom. The monoisotopic (exact) mass is 714 g/mol. The van der Waals surface area contributed by atoms with E-state index in [1.807, 2.05) is 65.6 Å². The molecule has 52 heavy (non-hydrogen) atoms. The van der Waals surface area contributed by atoms with Crippen LogP contribution in [0.4, 0.5) is 0 Å². The van der Waals surface area contributed by atoms with Gasteiger partial charge in [-0.25, -0.2) is 0 Å². The molecule has 2 amide bonds. The molecule has 4 rings (SSSR count). The maximum atomic E-state index is 13.3. The van der Waals surface area contributed by atoms with Crippen LogP contribution in [0.3, 0.4) is 0 Å². The van der Waals surface area contributed by atoms with Crippen molar-refractivity contribution in [3.05, 3.63) is 127 Å². The molecule has 7 N–H and O–H groups in total. The molecular weight excluding hydrogens is 668 g/mol. The number of hydrogen-bond donors (Lipinski definition) is 6. The molecule has 2 heterocycles. The molecule has 0 fully saturated rings. The number of H-pyrrole nitrogens is 2. The van der Waals surface area contributed by atoms with E-state index in [0.717, 1.165) is 11.1 Å². The molecule has 0 aliphatic heterocycles. The van der Waals surface area contributed by atoms with Crippen molar-refractivity contribution in [2.45, 2.75) is 52.4 Å². The Balaban J connectivity index is 1.40. The minimum absolute atomic E-state index is 0.00554. The highest BCUT2D eigenvalue weighted by Gasteiger charge is 2.20. The van der Waals surface area contributed by atoms with Crippen LogP contribution in [0.2, 0.25) is 0 Å². The van der Waals surface area contributed by atoms with Gasteiger partial charge in [0.15, 0.2) is 11.5 Å². The SMILES string of the molecule is Cc1cc(C(=O)NCCN(CCNC(=O)c2cc(C)[nH]c(=O)c2OCc2ccccc2)CC(N)CCCC(=O)O)c(OCc2ccccc2)c(=O)[nH]1. The summed E-state index contributed by atoms with van der Waals surface area (Å²) in [5, 5.41) is 14.7. The average Bonchev–Trinajstić information content (AvgIpc) is 3.10. The quantitative estimate of drug-likeness (QED) is 0.0789. The zero-order chi connectivity index (χ0) is 37.5. The number of aryl methyl sites for hydroxylation is 2.